The Morgan fingerprint density at radius 3 is 1.71 bits per heavy atom. The lowest BCUT2D eigenvalue weighted by Crippen LogP contribution is -2.16. The zero-order chi connectivity index (χ0) is 26.6. The van der Waals surface area contributed by atoms with Crippen LogP contribution in [0.4, 0.5) is 0 Å². The summed E-state index contributed by atoms with van der Waals surface area (Å²) in [5.41, 5.74) is 7.73. The molecule has 3 heteroatoms. The minimum Gasteiger partial charge on any atom is -0.268 e. The summed E-state index contributed by atoms with van der Waals surface area (Å²) in [4.78, 5) is 19.4. The van der Waals surface area contributed by atoms with Crippen molar-refractivity contribution in [3.8, 4) is 22.3 Å². The van der Waals surface area contributed by atoms with Gasteiger partial charge >= 0.3 is 0 Å². The van der Waals surface area contributed by atoms with E-state index < -0.39 is 0 Å². The van der Waals surface area contributed by atoms with E-state index in [4.69, 9.17) is 4.98 Å². The minimum atomic E-state index is -0.0167. The van der Waals surface area contributed by atoms with Crippen LogP contribution in [0.5, 0.6) is 0 Å². The molecule has 11 rings (SSSR count). The summed E-state index contributed by atoms with van der Waals surface area (Å²) in [7, 11) is 0. The highest BCUT2D eigenvalue weighted by molar-refractivity contribution is 6.40. The van der Waals surface area contributed by atoms with Crippen molar-refractivity contribution in [1.82, 2.24) is 9.38 Å². The SMILES string of the molecule is O=c1c2ccc3c4ccc5c6c(ccc(c7ccc(c2c37)c2nc3cccc7cccc(c73)n12)c64)-c1ccccc1-5. The second-order valence-corrected chi connectivity index (χ2v) is 11.4. The molecule has 0 amide bonds. The number of aromatic nitrogens is 2. The monoisotopic (exact) mass is 518 g/mol. The van der Waals surface area contributed by atoms with Crippen LogP contribution < -0.4 is 5.56 Å². The first kappa shape index (κ1) is 20.4. The maximum atomic E-state index is 14.3. The zero-order valence-corrected chi connectivity index (χ0v) is 21.7. The molecule has 3 nitrogen and oxygen atoms in total. The molecule has 0 N–H and O–H groups in total. The molecular weight excluding hydrogens is 500 g/mol. The lowest BCUT2D eigenvalue weighted by Gasteiger charge is -2.19. The highest BCUT2D eigenvalue weighted by atomic mass is 16.1. The van der Waals surface area contributed by atoms with Crippen molar-refractivity contribution >= 4 is 81.3 Å². The molecule has 0 spiro atoms. The van der Waals surface area contributed by atoms with Crippen molar-refractivity contribution in [3.05, 3.63) is 120 Å². The van der Waals surface area contributed by atoms with E-state index in [9.17, 15) is 4.79 Å². The average molecular weight is 519 g/mol. The third-order valence-electron chi connectivity index (χ3n) is 9.62. The molecule has 0 saturated carbocycles. The fourth-order valence-electron chi connectivity index (χ4n) is 8.02. The van der Waals surface area contributed by atoms with Crippen LogP contribution in [0.15, 0.2) is 114 Å². The van der Waals surface area contributed by atoms with Gasteiger partial charge in [0.15, 0.2) is 0 Å². The van der Waals surface area contributed by atoms with Crippen LogP contribution in [0, 0.1) is 0 Å². The Kier molecular flexibility index (Phi) is 3.28. The molecule has 0 fully saturated rings. The van der Waals surface area contributed by atoms with Gasteiger partial charge in [0, 0.05) is 21.5 Å². The molecule has 1 aliphatic rings. The maximum absolute atomic E-state index is 14.3. The molecular formula is C38H18N2O. The Bertz CT molecular complexity index is 2790. The average Bonchev–Trinajstić information content (AvgIpc) is 3.35. The molecule has 0 saturated heterocycles. The molecule has 0 bridgehead atoms. The number of hydrogen-bond acceptors (Lipinski definition) is 2. The number of hydrogen-bond donors (Lipinski definition) is 0. The second-order valence-electron chi connectivity index (χ2n) is 11.4. The van der Waals surface area contributed by atoms with Crippen molar-refractivity contribution in [2.45, 2.75) is 0 Å². The van der Waals surface area contributed by atoms with Crippen LogP contribution in [0.3, 0.4) is 0 Å². The van der Waals surface area contributed by atoms with Crippen molar-refractivity contribution in [2.75, 3.05) is 0 Å². The summed E-state index contributed by atoms with van der Waals surface area (Å²) in [6.07, 6.45) is 0. The maximum Gasteiger partial charge on any atom is 0.264 e. The van der Waals surface area contributed by atoms with E-state index in [1.807, 2.05) is 34.7 Å². The van der Waals surface area contributed by atoms with Gasteiger partial charge in [-0.1, -0.05) is 84.9 Å². The molecule has 0 aliphatic heterocycles. The third-order valence-corrected chi connectivity index (χ3v) is 9.62. The van der Waals surface area contributed by atoms with Crippen molar-refractivity contribution in [3.63, 3.8) is 0 Å². The van der Waals surface area contributed by atoms with Gasteiger partial charge in [-0.05, 0) is 89.6 Å². The Balaban J connectivity index is 1.40. The Hall–Kier alpha value is -5.54. The molecule has 0 atom stereocenters. The topological polar surface area (TPSA) is 34.4 Å². The van der Waals surface area contributed by atoms with E-state index in [-0.39, 0.29) is 5.56 Å². The number of pyridine rings is 1. The van der Waals surface area contributed by atoms with Crippen molar-refractivity contribution < 1.29 is 0 Å². The van der Waals surface area contributed by atoms with E-state index in [1.165, 1.54) is 54.6 Å². The Morgan fingerprint density at radius 1 is 0.439 bits per heavy atom. The summed E-state index contributed by atoms with van der Waals surface area (Å²) < 4.78 is 1.82. The van der Waals surface area contributed by atoms with Gasteiger partial charge in [0.2, 0.25) is 0 Å². The number of nitrogens with zero attached hydrogens (tertiary/aromatic N) is 2. The number of fused-ring (bicyclic) bond motifs is 8. The molecule has 186 valence electrons. The first-order valence-corrected chi connectivity index (χ1v) is 14.0. The van der Waals surface area contributed by atoms with Gasteiger partial charge in [-0.3, -0.25) is 9.20 Å². The normalized spacial score (nSPS) is 13.0. The second kappa shape index (κ2) is 6.60. The van der Waals surface area contributed by atoms with E-state index in [0.717, 1.165) is 43.4 Å². The van der Waals surface area contributed by atoms with Gasteiger partial charge in [-0.15, -0.1) is 0 Å². The lowest BCUT2D eigenvalue weighted by atomic mass is 9.86. The predicted molar refractivity (Wildman–Crippen MR) is 171 cm³/mol. The van der Waals surface area contributed by atoms with Crippen LogP contribution in [0.2, 0.25) is 0 Å². The summed E-state index contributed by atoms with van der Waals surface area (Å²) >= 11 is 0. The van der Waals surface area contributed by atoms with Gasteiger partial charge < -0.3 is 0 Å². The quantitative estimate of drug-likeness (QED) is 0.148. The summed E-state index contributed by atoms with van der Waals surface area (Å²) in [6, 6.07) is 38.8. The summed E-state index contributed by atoms with van der Waals surface area (Å²) in [6.45, 7) is 0. The Labute approximate surface area is 232 Å². The smallest absolute Gasteiger partial charge is 0.264 e. The van der Waals surface area contributed by atoms with Crippen LogP contribution in [-0.4, -0.2) is 9.38 Å². The van der Waals surface area contributed by atoms with E-state index >= 15 is 0 Å². The number of benzene rings is 8. The van der Waals surface area contributed by atoms with Crippen molar-refractivity contribution in [1.29, 1.82) is 0 Å². The fourth-order valence-corrected chi connectivity index (χ4v) is 8.02. The number of rotatable bonds is 0. The predicted octanol–water partition coefficient (Wildman–Crippen LogP) is 9.29. The molecule has 2 heterocycles. The molecule has 10 aromatic rings. The van der Waals surface area contributed by atoms with Gasteiger partial charge in [0.05, 0.1) is 11.0 Å². The highest BCUT2D eigenvalue weighted by Gasteiger charge is 2.26. The first-order valence-electron chi connectivity index (χ1n) is 14.0. The van der Waals surface area contributed by atoms with E-state index in [0.29, 0.717) is 5.65 Å². The molecule has 41 heavy (non-hydrogen) atoms. The molecule has 8 aromatic carbocycles. The van der Waals surface area contributed by atoms with Gasteiger partial charge in [0.1, 0.15) is 5.65 Å². The Morgan fingerprint density at radius 2 is 1.00 bits per heavy atom. The largest absolute Gasteiger partial charge is 0.268 e. The van der Waals surface area contributed by atoms with Gasteiger partial charge in [-0.2, -0.15) is 0 Å². The van der Waals surface area contributed by atoms with Crippen LogP contribution in [0.25, 0.3) is 104 Å². The van der Waals surface area contributed by atoms with E-state index in [2.05, 4.69) is 78.9 Å². The molecule has 1 aliphatic carbocycles. The summed E-state index contributed by atoms with van der Waals surface area (Å²) in [5.74, 6) is 0. The highest BCUT2D eigenvalue weighted by Crippen LogP contribution is 2.52. The van der Waals surface area contributed by atoms with Crippen LogP contribution in [0.1, 0.15) is 0 Å². The van der Waals surface area contributed by atoms with Crippen LogP contribution in [-0.2, 0) is 0 Å². The zero-order valence-electron chi connectivity index (χ0n) is 21.7. The van der Waals surface area contributed by atoms with Crippen LogP contribution >= 0.6 is 0 Å². The minimum absolute atomic E-state index is 0.0167. The lowest BCUT2D eigenvalue weighted by molar-refractivity contribution is 1.15. The van der Waals surface area contributed by atoms with E-state index in [1.54, 1.807) is 0 Å². The standard InChI is InChI=1S/C38H18N2O/c41-38-29-18-16-27-25-14-12-23-21-8-2-1-7-20(21)22-11-13-24(34(25)33(22)23)26-15-17-28(36(29)35(26)27)37-39-30-9-3-5-19-6-4-10-31(32(19)30)40(37)38/h1-18H. The molecule has 2 aromatic heterocycles. The molecule has 0 radical (unpaired) electrons. The fraction of sp³-hybridized carbons (Fsp3) is 0. The van der Waals surface area contributed by atoms with Gasteiger partial charge in [0.25, 0.3) is 5.56 Å². The first-order chi connectivity index (χ1) is 20.3. The molecule has 0 unspecified atom stereocenters. The summed E-state index contributed by atoms with van der Waals surface area (Å²) in [5, 5.41) is 13.5. The third kappa shape index (κ3) is 2.17. The van der Waals surface area contributed by atoms with Crippen molar-refractivity contribution in [2.24, 2.45) is 0 Å². The van der Waals surface area contributed by atoms with Gasteiger partial charge in [-0.25, -0.2) is 4.98 Å².